The van der Waals surface area contributed by atoms with Gasteiger partial charge < -0.3 is 5.32 Å². The molecule has 3 nitrogen and oxygen atoms in total. The van der Waals surface area contributed by atoms with E-state index in [1.165, 1.54) is 5.56 Å². The number of aryl methyl sites for hydroxylation is 2. The van der Waals surface area contributed by atoms with Crippen molar-refractivity contribution in [3.05, 3.63) is 32.9 Å². The molecular weight excluding hydrogens is 334 g/mol. The molecule has 0 aromatic carbocycles. The summed E-state index contributed by atoms with van der Waals surface area (Å²) in [5, 5.41) is 5.55. The van der Waals surface area contributed by atoms with Gasteiger partial charge in [-0.2, -0.15) is 0 Å². The van der Waals surface area contributed by atoms with Crippen molar-refractivity contribution in [1.82, 2.24) is 15.3 Å². The number of hydrogen-bond donors (Lipinski definition) is 1. The fourth-order valence-electron chi connectivity index (χ4n) is 1.89. The third kappa shape index (κ3) is 3.87. The van der Waals surface area contributed by atoms with Gasteiger partial charge >= 0.3 is 0 Å². The van der Waals surface area contributed by atoms with Crippen LogP contribution in [-0.2, 0) is 6.54 Å². The van der Waals surface area contributed by atoms with Crippen molar-refractivity contribution in [1.29, 1.82) is 0 Å². The maximum atomic E-state index is 4.66. The highest BCUT2D eigenvalue weighted by Gasteiger charge is 2.14. The Hall–Kier alpha value is -0.780. The average molecular weight is 354 g/mol. The van der Waals surface area contributed by atoms with E-state index in [9.17, 15) is 0 Å². The van der Waals surface area contributed by atoms with Crippen molar-refractivity contribution in [2.24, 2.45) is 0 Å². The van der Waals surface area contributed by atoms with Crippen molar-refractivity contribution in [2.75, 3.05) is 0 Å². The van der Waals surface area contributed by atoms with Crippen molar-refractivity contribution < 1.29 is 0 Å². The molecule has 20 heavy (non-hydrogen) atoms. The molecule has 0 amide bonds. The largest absolute Gasteiger partial charge is 0.308 e. The smallest absolute Gasteiger partial charge is 0.169 e. The molecular formula is C15H20BrN3S. The summed E-state index contributed by atoms with van der Waals surface area (Å²) in [7, 11) is 0. The summed E-state index contributed by atoms with van der Waals surface area (Å²) in [5.74, 6) is 0.815. The van der Waals surface area contributed by atoms with Gasteiger partial charge in [-0.15, -0.1) is 11.3 Å². The predicted molar refractivity (Wildman–Crippen MR) is 89.1 cm³/mol. The second kappa shape index (κ2) is 5.92. The van der Waals surface area contributed by atoms with Crippen molar-refractivity contribution in [2.45, 2.75) is 46.7 Å². The Morgan fingerprint density at radius 1 is 1.20 bits per heavy atom. The van der Waals surface area contributed by atoms with Crippen LogP contribution in [0, 0.1) is 13.8 Å². The number of halogens is 1. The SMILES string of the molecule is Cc1nc(-c2cc(Br)cs2)nc(C)c1CNC(C)(C)C. The van der Waals surface area contributed by atoms with Gasteiger partial charge in [0, 0.05) is 38.9 Å². The predicted octanol–water partition coefficient (Wildman–Crippen LogP) is 4.47. The first-order chi connectivity index (χ1) is 9.26. The van der Waals surface area contributed by atoms with Gasteiger partial charge in [-0.3, -0.25) is 0 Å². The lowest BCUT2D eigenvalue weighted by atomic mass is 10.1. The second-order valence-corrected chi connectivity index (χ2v) is 7.76. The number of nitrogens with zero attached hydrogens (tertiary/aromatic N) is 2. The lowest BCUT2D eigenvalue weighted by molar-refractivity contribution is 0.422. The van der Waals surface area contributed by atoms with Gasteiger partial charge in [-0.1, -0.05) is 0 Å². The maximum Gasteiger partial charge on any atom is 0.169 e. The third-order valence-electron chi connectivity index (χ3n) is 3.00. The Balaban J connectivity index is 2.29. The molecule has 0 fully saturated rings. The summed E-state index contributed by atoms with van der Waals surface area (Å²) < 4.78 is 1.08. The standard InChI is InChI=1S/C15H20BrN3S/c1-9-12(7-17-15(3,4)5)10(2)19-14(18-9)13-6-11(16)8-20-13/h6,8,17H,7H2,1-5H3. The molecule has 5 heteroatoms. The molecule has 0 unspecified atom stereocenters. The number of thiophene rings is 1. The molecule has 108 valence electrons. The summed E-state index contributed by atoms with van der Waals surface area (Å²) in [6.07, 6.45) is 0. The molecule has 0 aliphatic heterocycles. The normalized spacial score (nSPS) is 11.9. The molecule has 2 aromatic rings. The highest BCUT2D eigenvalue weighted by molar-refractivity contribution is 9.10. The minimum Gasteiger partial charge on any atom is -0.308 e. The molecule has 1 N–H and O–H groups in total. The summed E-state index contributed by atoms with van der Waals surface area (Å²) in [6.45, 7) is 11.4. The van der Waals surface area contributed by atoms with E-state index in [4.69, 9.17) is 0 Å². The van der Waals surface area contributed by atoms with Crippen LogP contribution in [0.2, 0.25) is 0 Å². The zero-order valence-electron chi connectivity index (χ0n) is 12.5. The Morgan fingerprint density at radius 2 is 1.80 bits per heavy atom. The Kier molecular flexibility index (Phi) is 4.62. The monoisotopic (exact) mass is 353 g/mol. The van der Waals surface area contributed by atoms with Crippen LogP contribution >= 0.6 is 27.3 Å². The van der Waals surface area contributed by atoms with Gasteiger partial charge in [-0.05, 0) is 56.6 Å². The van der Waals surface area contributed by atoms with Gasteiger partial charge in [0.25, 0.3) is 0 Å². The number of hydrogen-bond acceptors (Lipinski definition) is 4. The first kappa shape index (κ1) is 15.6. The summed E-state index contributed by atoms with van der Waals surface area (Å²) in [5.41, 5.74) is 3.39. The van der Waals surface area contributed by atoms with Crippen LogP contribution in [-0.4, -0.2) is 15.5 Å². The Morgan fingerprint density at radius 3 is 2.25 bits per heavy atom. The number of nitrogens with one attached hydrogen (secondary N) is 1. The van der Waals surface area contributed by atoms with Gasteiger partial charge in [0.15, 0.2) is 5.82 Å². The first-order valence-corrected chi connectivity index (χ1v) is 8.27. The van der Waals surface area contributed by atoms with Crippen molar-refractivity contribution in [3.8, 4) is 10.7 Å². The number of aromatic nitrogens is 2. The van der Waals surface area contributed by atoms with Crippen LogP contribution < -0.4 is 5.32 Å². The molecule has 2 heterocycles. The molecule has 0 bridgehead atoms. The molecule has 0 aliphatic rings. The molecule has 2 rings (SSSR count). The van der Waals surface area contributed by atoms with E-state index < -0.39 is 0 Å². The van der Waals surface area contributed by atoms with Crippen molar-refractivity contribution in [3.63, 3.8) is 0 Å². The first-order valence-electron chi connectivity index (χ1n) is 6.60. The lowest BCUT2D eigenvalue weighted by Crippen LogP contribution is -2.35. The molecule has 2 aromatic heterocycles. The fourth-order valence-corrected chi connectivity index (χ4v) is 3.25. The maximum absolute atomic E-state index is 4.66. The van der Waals surface area contributed by atoms with Crippen LogP contribution in [0.25, 0.3) is 10.7 Å². The molecule has 0 saturated carbocycles. The molecule has 0 spiro atoms. The van der Waals surface area contributed by atoms with E-state index in [0.29, 0.717) is 0 Å². The highest BCUT2D eigenvalue weighted by Crippen LogP contribution is 2.28. The van der Waals surface area contributed by atoms with Crippen LogP contribution in [0.5, 0.6) is 0 Å². The quantitative estimate of drug-likeness (QED) is 0.884. The Bertz CT molecular complexity index is 591. The highest BCUT2D eigenvalue weighted by atomic mass is 79.9. The van der Waals surface area contributed by atoms with E-state index in [0.717, 1.165) is 33.1 Å². The minimum atomic E-state index is 0.0934. The van der Waals surface area contributed by atoms with E-state index >= 15 is 0 Å². The fraction of sp³-hybridized carbons (Fsp3) is 0.467. The zero-order chi connectivity index (χ0) is 14.9. The van der Waals surface area contributed by atoms with Gasteiger partial charge in [0.1, 0.15) is 0 Å². The number of rotatable bonds is 3. The second-order valence-electron chi connectivity index (χ2n) is 5.93. The third-order valence-corrected chi connectivity index (χ3v) is 4.69. The van der Waals surface area contributed by atoms with Crippen LogP contribution in [0.3, 0.4) is 0 Å². The molecule has 0 saturated heterocycles. The summed E-state index contributed by atoms with van der Waals surface area (Å²) in [6, 6.07) is 2.06. The topological polar surface area (TPSA) is 37.8 Å². The summed E-state index contributed by atoms with van der Waals surface area (Å²) in [4.78, 5) is 10.4. The average Bonchev–Trinajstić information content (AvgIpc) is 2.73. The van der Waals surface area contributed by atoms with E-state index in [1.54, 1.807) is 11.3 Å². The lowest BCUT2D eigenvalue weighted by Gasteiger charge is -2.21. The van der Waals surface area contributed by atoms with Gasteiger partial charge in [0.2, 0.25) is 0 Å². The van der Waals surface area contributed by atoms with E-state index in [1.807, 2.05) is 0 Å². The van der Waals surface area contributed by atoms with E-state index in [-0.39, 0.29) is 5.54 Å². The molecule has 0 aliphatic carbocycles. The minimum absolute atomic E-state index is 0.0934. The van der Waals surface area contributed by atoms with Gasteiger partial charge in [-0.25, -0.2) is 9.97 Å². The Labute approximate surface area is 133 Å². The molecule has 0 atom stereocenters. The van der Waals surface area contributed by atoms with Crippen LogP contribution in [0.4, 0.5) is 0 Å². The zero-order valence-corrected chi connectivity index (χ0v) is 14.9. The molecule has 0 radical (unpaired) electrons. The van der Waals surface area contributed by atoms with Gasteiger partial charge in [0.05, 0.1) is 4.88 Å². The summed E-state index contributed by atoms with van der Waals surface area (Å²) >= 11 is 5.13. The van der Waals surface area contributed by atoms with Crippen LogP contribution in [0.15, 0.2) is 15.9 Å². The van der Waals surface area contributed by atoms with E-state index in [2.05, 4.69) is 77.3 Å². The van der Waals surface area contributed by atoms with Crippen LogP contribution in [0.1, 0.15) is 37.7 Å². The van der Waals surface area contributed by atoms with Crippen molar-refractivity contribution >= 4 is 27.3 Å².